The van der Waals surface area contributed by atoms with E-state index >= 15 is 0 Å². The van der Waals surface area contributed by atoms with Gasteiger partial charge in [0.1, 0.15) is 5.82 Å². The number of hydrogen-bond acceptors (Lipinski definition) is 5. The van der Waals surface area contributed by atoms with Crippen LogP contribution in [0.3, 0.4) is 0 Å². The number of rotatable bonds is 4. The predicted octanol–water partition coefficient (Wildman–Crippen LogP) is 1.94. The Hall–Kier alpha value is -2.19. The summed E-state index contributed by atoms with van der Waals surface area (Å²) in [4.78, 5) is 18.3. The van der Waals surface area contributed by atoms with Gasteiger partial charge in [0, 0.05) is 6.20 Å². The molecule has 9 heteroatoms. The summed E-state index contributed by atoms with van der Waals surface area (Å²) in [5.41, 5.74) is 0.0521. The molecule has 1 aromatic heterocycles. The van der Waals surface area contributed by atoms with Gasteiger partial charge in [0.05, 0.1) is 10.5 Å². The van der Waals surface area contributed by atoms with Gasteiger partial charge in [-0.2, -0.15) is 4.98 Å². The van der Waals surface area contributed by atoms with E-state index in [-0.39, 0.29) is 27.1 Å². The fourth-order valence-corrected chi connectivity index (χ4v) is 3.14. The monoisotopic (exact) mass is 327 g/mol. The normalized spacial score (nSPS) is 11.1. The van der Waals surface area contributed by atoms with Crippen molar-refractivity contribution < 1.29 is 18.3 Å². The summed E-state index contributed by atoms with van der Waals surface area (Å²) in [7, 11) is -3.98. The molecule has 0 saturated carbocycles. The number of sulfonamides is 1. The van der Waals surface area contributed by atoms with Gasteiger partial charge in [0.15, 0.2) is 0 Å². The summed E-state index contributed by atoms with van der Waals surface area (Å²) in [6, 6.07) is 5.34. The predicted molar refractivity (Wildman–Crippen MR) is 76.0 cm³/mol. The lowest BCUT2D eigenvalue weighted by Gasteiger charge is -2.11. The molecule has 0 unspecified atom stereocenters. The van der Waals surface area contributed by atoms with Crippen LogP contribution in [0.2, 0.25) is 5.28 Å². The quantitative estimate of drug-likeness (QED) is 0.830. The zero-order valence-corrected chi connectivity index (χ0v) is 12.3. The van der Waals surface area contributed by atoms with Crippen molar-refractivity contribution in [3.63, 3.8) is 0 Å². The van der Waals surface area contributed by atoms with E-state index in [1.54, 1.807) is 0 Å². The fraction of sp³-hybridized carbons (Fsp3) is 0.0833. The Balaban J connectivity index is 2.45. The third-order valence-electron chi connectivity index (χ3n) is 2.67. The van der Waals surface area contributed by atoms with Crippen LogP contribution in [0.5, 0.6) is 0 Å². The first-order valence-corrected chi connectivity index (χ1v) is 7.51. The van der Waals surface area contributed by atoms with E-state index in [2.05, 4.69) is 14.7 Å². The summed E-state index contributed by atoms with van der Waals surface area (Å²) < 4.78 is 26.8. The van der Waals surface area contributed by atoms with Gasteiger partial charge in [-0.25, -0.2) is 18.2 Å². The highest BCUT2D eigenvalue weighted by molar-refractivity contribution is 7.92. The molecule has 1 aromatic carbocycles. The first-order chi connectivity index (χ1) is 9.81. The molecule has 0 spiro atoms. The third-order valence-corrected chi connectivity index (χ3v) is 4.35. The van der Waals surface area contributed by atoms with Gasteiger partial charge in [0.2, 0.25) is 5.28 Å². The number of aromatic carboxylic acids is 1. The van der Waals surface area contributed by atoms with Crippen molar-refractivity contribution in [2.75, 3.05) is 4.72 Å². The molecule has 1 heterocycles. The summed E-state index contributed by atoms with van der Waals surface area (Å²) in [6.07, 6.45) is 1.30. The van der Waals surface area contributed by atoms with E-state index in [0.29, 0.717) is 0 Å². The Kier molecular flexibility index (Phi) is 4.10. The smallest absolute Gasteiger partial charge is 0.335 e. The van der Waals surface area contributed by atoms with Crippen LogP contribution >= 0.6 is 11.6 Å². The second kappa shape index (κ2) is 5.66. The molecule has 0 fully saturated rings. The summed E-state index contributed by atoms with van der Waals surface area (Å²) >= 11 is 5.58. The molecule has 2 rings (SSSR count). The lowest BCUT2D eigenvalue weighted by molar-refractivity contribution is 0.0696. The van der Waals surface area contributed by atoms with Crippen LogP contribution in [-0.4, -0.2) is 29.5 Å². The van der Waals surface area contributed by atoms with Crippen LogP contribution in [0, 0.1) is 6.92 Å². The highest BCUT2D eigenvalue weighted by atomic mass is 35.5. The molecule has 0 aliphatic heterocycles. The number of halogens is 1. The Bertz CT molecular complexity index is 808. The van der Waals surface area contributed by atoms with E-state index < -0.39 is 16.0 Å². The van der Waals surface area contributed by atoms with Gasteiger partial charge in [-0.1, -0.05) is 6.07 Å². The van der Waals surface area contributed by atoms with E-state index in [9.17, 15) is 13.2 Å². The molecule has 2 aromatic rings. The Labute approximate surface area is 125 Å². The zero-order chi connectivity index (χ0) is 15.6. The minimum Gasteiger partial charge on any atom is -0.478 e. The molecule has 7 nitrogen and oxygen atoms in total. The number of carboxylic acids is 1. The number of nitrogens with one attached hydrogen (secondary N) is 1. The Morgan fingerprint density at radius 1 is 1.33 bits per heavy atom. The Morgan fingerprint density at radius 2 is 2.05 bits per heavy atom. The topological polar surface area (TPSA) is 109 Å². The highest BCUT2D eigenvalue weighted by Gasteiger charge is 2.21. The second-order valence-corrected chi connectivity index (χ2v) is 6.04. The molecule has 2 N–H and O–H groups in total. The summed E-state index contributed by atoms with van der Waals surface area (Å²) in [6.45, 7) is 1.42. The zero-order valence-electron chi connectivity index (χ0n) is 10.7. The number of benzene rings is 1. The third kappa shape index (κ3) is 3.29. The molecule has 0 amide bonds. The number of hydrogen-bond donors (Lipinski definition) is 2. The first kappa shape index (κ1) is 15.2. The maximum absolute atomic E-state index is 12.3. The van der Waals surface area contributed by atoms with Crippen LogP contribution in [0.25, 0.3) is 0 Å². The van der Waals surface area contributed by atoms with Gasteiger partial charge < -0.3 is 5.11 Å². The maximum atomic E-state index is 12.3. The SMILES string of the molecule is Cc1c(C(=O)O)cccc1S(=O)(=O)Nc1ccnc(Cl)n1. The highest BCUT2D eigenvalue weighted by Crippen LogP contribution is 2.21. The van der Waals surface area contributed by atoms with E-state index in [1.165, 1.54) is 37.4 Å². The van der Waals surface area contributed by atoms with E-state index in [1.807, 2.05) is 0 Å². The summed E-state index contributed by atoms with van der Waals surface area (Å²) in [5, 5.41) is 8.92. The number of nitrogens with zero attached hydrogens (tertiary/aromatic N) is 2. The van der Waals surface area contributed by atoms with Crippen LogP contribution in [-0.2, 0) is 10.0 Å². The largest absolute Gasteiger partial charge is 0.478 e. The van der Waals surface area contributed by atoms with Crippen molar-refractivity contribution in [1.29, 1.82) is 0 Å². The second-order valence-electron chi connectivity index (χ2n) is 4.05. The molecular weight excluding hydrogens is 318 g/mol. The summed E-state index contributed by atoms with van der Waals surface area (Å²) in [5.74, 6) is -1.20. The molecule has 0 aliphatic rings. The van der Waals surface area contributed by atoms with Crippen molar-refractivity contribution in [3.05, 3.63) is 46.9 Å². The molecular formula is C12H10ClN3O4S. The Morgan fingerprint density at radius 3 is 2.67 bits per heavy atom. The fourth-order valence-electron chi connectivity index (χ4n) is 1.72. The van der Waals surface area contributed by atoms with E-state index in [0.717, 1.165) is 0 Å². The van der Waals surface area contributed by atoms with Gasteiger partial charge in [-0.15, -0.1) is 0 Å². The van der Waals surface area contributed by atoms with Gasteiger partial charge >= 0.3 is 5.97 Å². The van der Waals surface area contributed by atoms with Crippen LogP contribution in [0.15, 0.2) is 35.4 Å². The molecule has 0 atom stereocenters. The van der Waals surface area contributed by atoms with Gasteiger partial charge in [-0.05, 0) is 42.3 Å². The van der Waals surface area contributed by atoms with E-state index in [4.69, 9.17) is 16.7 Å². The number of anilines is 1. The molecule has 110 valence electrons. The van der Waals surface area contributed by atoms with Gasteiger partial charge in [-0.3, -0.25) is 4.72 Å². The molecule has 0 bridgehead atoms. The van der Waals surface area contributed by atoms with Crippen molar-refractivity contribution in [3.8, 4) is 0 Å². The van der Waals surface area contributed by atoms with Crippen LogP contribution in [0.1, 0.15) is 15.9 Å². The van der Waals surface area contributed by atoms with Crippen molar-refractivity contribution in [2.24, 2.45) is 0 Å². The first-order valence-electron chi connectivity index (χ1n) is 5.65. The molecule has 21 heavy (non-hydrogen) atoms. The van der Waals surface area contributed by atoms with Crippen molar-refractivity contribution in [2.45, 2.75) is 11.8 Å². The lowest BCUT2D eigenvalue weighted by Crippen LogP contribution is -2.16. The van der Waals surface area contributed by atoms with Crippen molar-refractivity contribution in [1.82, 2.24) is 9.97 Å². The molecule has 0 radical (unpaired) electrons. The number of carbonyl (C=O) groups is 1. The standard InChI is InChI=1S/C12H10ClN3O4S/c1-7-8(11(17)18)3-2-4-9(7)21(19,20)16-10-5-6-14-12(13)15-10/h2-6H,1H3,(H,17,18)(H,14,15,16). The average molecular weight is 328 g/mol. The lowest BCUT2D eigenvalue weighted by atomic mass is 10.1. The number of carboxylic acid groups (broad SMARTS) is 1. The minimum absolute atomic E-state index is 0.00451. The van der Waals surface area contributed by atoms with Crippen LogP contribution in [0.4, 0.5) is 5.82 Å². The average Bonchev–Trinajstić information content (AvgIpc) is 2.37. The van der Waals surface area contributed by atoms with Gasteiger partial charge in [0.25, 0.3) is 10.0 Å². The number of aromatic nitrogens is 2. The molecule has 0 aliphatic carbocycles. The molecule has 0 saturated heterocycles. The minimum atomic E-state index is -3.98. The van der Waals surface area contributed by atoms with Crippen molar-refractivity contribution >= 4 is 33.4 Å². The van der Waals surface area contributed by atoms with Crippen LogP contribution < -0.4 is 4.72 Å². The maximum Gasteiger partial charge on any atom is 0.335 e.